The number of ether oxygens (including phenoxy) is 1. The van der Waals surface area contributed by atoms with Crippen LogP contribution in [0.3, 0.4) is 0 Å². The zero-order valence-corrected chi connectivity index (χ0v) is 18.8. The zero-order chi connectivity index (χ0) is 20.8. The minimum Gasteiger partial charge on any atom is -0.503 e. The van der Waals surface area contributed by atoms with Gasteiger partial charge in [0.25, 0.3) is 5.91 Å². The molecule has 1 aliphatic heterocycles. The van der Waals surface area contributed by atoms with Gasteiger partial charge in [0, 0.05) is 6.54 Å². The third kappa shape index (κ3) is 5.22. The topological polar surface area (TPSA) is 62.1 Å². The van der Waals surface area contributed by atoms with E-state index in [4.69, 9.17) is 4.74 Å². The molecule has 1 N–H and O–H groups in total. The lowest BCUT2D eigenvalue weighted by Crippen LogP contribution is -2.30. The first-order valence-corrected chi connectivity index (χ1v) is 11.1. The predicted molar refractivity (Wildman–Crippen MR) is 123 cm³/mol. The molecule has 0 atom stereocenters. The van der Waals surface area contributed by atoms with E-state index in [1.807, 2.05) is 43.3 Å². The van der Waals surface area contributed by atoms with E-state index in [9.17, 15) is 9.90 Å². The lowest BCUT2D eigenvalue weighted by Gasteiger charge is -2.14. The minimum absolute atomic E-state index is 0.0512. The number of halogens is 1. The van der Waals surface area contributed by atoms with Crippen molar-refractivity contribution >= 4 is 50.5 Å². The second kappa shape index (κ2) is 9.98. The summed E-state index contributed by atoms with van der Waals surface area (Å²) in [4.78, 5) is 20.1. The largest absolute Gasteiger partial charge is 0.503 e. The Hall–Kier alpha value is -2.25. The number of phenolic OH excluding ortho intramolecular Hbond substituents is 1. The molecule has 152 valence electrons. The third-order valence-electron chi connectivity index (χ3n) is 4.25. The van der Waals surface area contributed by atoms with Crippen molar-refractivity contribution in [1.82, 2.24) is 4.90 Å². The van der Waals surface area contributed by atoms with Crippen LogP contribution in [-0.2, 0) is 4.79 Å². The van der Waals surface area contributed by atoms with Crippen LogP contribution in [0.1, 0.15) is 32.3 Å². The van der Waals surface area contributed by atoms with Crippen molar-refractivity contribution in [2.75, 3.05) is 13.2 Å². The summed E-state index contributed by atoms with van der Waals surface area (Å²) in [6.07, 6.45) is 3.72. The fourth-order valence-electron chi connectivity index (χ4n) is 2.81. The number of amidine groups is 1. The van der Waals surface area contributed by atoms with Gasteiger partial charge in [-0.1, -0.05) is 31.5 Å². The van der Waals surface area contributed by atoms with Crippen LogP contribution in [-0.4, -0.2) is 34.2 Å². The second-order valence-electron chi connectivity index (χ2n) is 6.43. The summed E-state index contributed by atoms with van der Waals surface area (Å²) in [6, 6.07) is 13.1. The highest BCUT2D eigenvalue weighted by atomic mass is 79.9. The smallest absolute Gasteiger partial charge is 0.266 e. The molecule has 1 saturated heterocycles. The summed E-state index contributed by atoms with van der Waals surface area (Å²) in [5.74, 6) is 0.376. The summed E-state index contributed by atoms with van der Waals surface area (Å²) in [5, 5.41) is 10.8. The highest BCUT2D eigenvalue weighted by Crippen LogP contribution is 2.39. The lowest BCUT2D eigenvalue weighted by molar-refractivity contribution is -0.122. The number of nitrogens with zero attached hydrogens (tertiary/aromatic N) is 2. The number of hydrogen-bond donors (Lipinski definition) is 1. The number of phenols is 1. The molecule has 5 nitrogen and oxygen atoms in total. The number of unbranched alkanes of at least 4 members (excludes halogenated alkanes) is 1. The number of para-hydroxylation sites is 1. The van der Waals surface area contributed by atoms with Crippen LogP contribution in [0, 0.1) is 0 Å². The van der Waals surface area contributed by atoms with Gasteiger partial charge in [0.05, 0.1) is 21.7 Å². The molecular weight excluding hydrogens is 452 g/mol. The van der Waals surface area contributed by atoms with Crippen molar-refractivity contribution in [3.63, 3.8) is 0 Å². The zero-order valence-electron chi connectivity index (χ0n) is 16.4. The van der Waals surface area contributed by atoms with Gasteiger partial charge in [-0.25, -0.2) is 4.99 Å². The molecule has 29 heavy (non-hydrogen) atoms. The third-order valence-corrected chi connectivity index (χ3v) is 5.86. The van der Waals surface area contributed by atoms with Gasteiger partial charge < -0.3 is 9.84 Å². The van der Waals surface area contributed by atoms with E-state index < -0.39 is 0 Å². The van der Waals surface area contributed by atoms with Gasteiger partial charge in [-0.15, -0.1) is 0 Å². The molecule has 0 saturated carbocycles. The number of thioether (sulfide) groups is 1. The molecule has 0 bridgehead atoms. The fourth-order valence-corrected chi connectivity index (χ4v) is 4.30. The van der Waals surface area contributed by atoms with Crippen LogP contribution >= 0.6 is 27.7 Å². The van der Waals surface area contributed by atoms with Crippen LogP contribution in [0.2, 0.25) is 0 Å². The summed E-state index contributed by atoms with van der Waals surface area (Å²) in [7, 11) is 0. The minimum atomic E-state index is -0.0553. The van der Waals surface area contributed by atoms with Crippen molar-refractivity contribution in [1.29, 1.82) is 0 Å². The lowest BCUT2D eigenvalue weighted by atomic mass is 10.2. The highest BCUT2D eigenvalue weighted by Gasteiger charge is 2.33. The standard InChI is InChI=1S/C22H23BrN2O3S/c1-3-5-11-25-21(27)19(29-22(25)24-16-9-7-6-8-10-16)14-15-12-17(23)20(26)18(13-15)28-4-2/h6-10,12-14,26H,3-5,11H2,1-2H3/b19-14-,24-22-. The SMILES string of the molecule is CCCCN1C(=O)/C(=C/c2cc(Br)c(O)c(OCC)c2)S/C1=N\c1ccccc1. The van der Waals surface area contributed by atoms with Crippen LogP contribution in [0.4, 0.5) is 5.69 Å². The maximum absolute atomic E-state index is 13.0. The van der Waals surface area contributed by atoms with Gasteiger partial charge in [0.2, 0.25) is 0 Å². The van der Waals surface area contributed by atoms with E-state index in [1.54, 1.807) is 17.0 Å². The number of benzene rings is 2. The quantitative estimate of drug-likeness (QED) is 0.502. The molecule has 2 aromatic carbocycles. The normalized spacial score (nSPS) is 16.8. The van der Waals surface area contributed by atoms with E-state index in [1.165, 1.54) is 11.8 Å². The number of amides is 1. The Labute approximate surface area is 183 Å². The molecule has 0 aliphatic carbocycles. The van der Waals surface area contributed by atoms with E-state index >= 15 is 0 Å². The van der Waals surface area contributed by atoms with Crippen molar-refractivity contribution in [3.8, 4) is 11.5 Å². The average Bonchev–Trinajstić information content (AvgIpc) is 2.99. The Balaban J connectivity index is 1.95. The van der Waals surface area contributed by atoms with Crippen LogP contribution in [0.15, 0.2) is 56.8 Å². The fraction of sp³-hybridized carbons (Fsp3) is 0.273. The molecule has 1 amide bonds. The van der Waals surface area contributed by atoms with Crippen LogP contribution < -0.4 is 4.74 Å². The molecule has 7 heteroatoms. The van der Waals surface area contributed by atoms with Crippen molar-refractivity contribution in [2.45, 2.75) is 26.7 Å². The molecule has 0 radical (unpaired) electrons. The Morgan fingerprint density at radius 3 is 2.69 bits per heavy atom. The first-order chi connectivity index (χ1) is 14.0. The van der Waals surface area contributed by atoms with E-state index in [0.29, 0.717) is 33.4 Å². The Morgan fingerprint density at radius 1 is 1.24 bits per heavy atom. The highest BCUT2D eigenvalue weighted by molar-refractivity contribution is 9.10. The Bertz CT molecular complexity index is 945. The van der Waals surface area contributed by atoms with Crippen molar-refractivity contribution in [2.24, 2.45) is 4.99 Å². The second-order valence-corrected chi connectivity index (χ2v) is 8.30. The summed E-state index contributed by atoms with van der Waals surface area (Å²) >= 11 is 4.71. The maximum atomic E-state index is 13.0. The van der Waals surface area contributed by atoms with Crippen LogP contribution in [0.25, 0.3) is 6.08 Å². The number of rotatable bonds is 7. The molecule has 1 fully saturated rings. The van der Waals surface area contributed by atoms with Gasteiger partial charge in [-0.3, -0.25) is 9.69 Å². The molecule has 1 heterocycles. The summed E-state index contributed by atoms with van der Waals surface area (Å²) in [6.45, 7) is 5.02. The number of hydrogen-bond acceptors (Lipinski definition) is 5. The van der Waals surface area contributed by atoms with Crippen molar-refractivity contribution in [3.05, 3.63) is 57.4 Å². The summed E-state index contributed by atoms with van der Waals surface area (Å²) < 4.78 is 6.01. The van der Waals surface area contributed by atoms with Gasteiger partial charge in [-0.2, -0.15) is 0 Å². The van der Waals surface area contributed by atoms with E-state index in [0.717, 1.165) is 24.1 Å². The Morgan fingerprint density at radius 2 is 2.00 bits per heavy atom. The first kappa shape index (κ1) is 21.5. The number of aliphatic imine (C=N–C) groups is 1. The van der Waals surface area contributed by atoms with Crippen LogP contribution in [0.5, 0.6) is 11.5 Å². The van der Waals surface area contributed by atoms with Gasteiger partial charge in [-0.05, 0) is 76.9 Å². The van der Waals surface area contributed by atoms with Gasteiger partial charge in [0.1, 0.15) is 0 Å². The maximum Gasteiger partial charge on any atom is 0.266 e. The molecule has 2 aromatic rings. The average molecular weight is 475 g/mol. The molecule has 3 rings (SSSR count). The van der Waals surface area contributed by atoms with Gasteiger partial charge in [0.15, 0.2) is 16.7 Å². The molecule has 0 spiro atoms. The monoisotopic (exact) mass is 474 g/mol. The molecule has 0 aromatic heterocycles. The van der Waals surface area contributed by atoms with Gasteiger partial charge >= 0.3 is 0 Å². The molecular formula is C22H23BrN2O3S. The number of carbonyl (C=O) groups is 1. The number of aromatic hydroxyl groups is 1. The van der Waals surface area contributed by atoms with Crippen molar-refractivity contribution < 1.29 is 14.6 Å². The first-order valence-electron chi connectivity index (χ1n) is 9.54. The van der Waals surface area contributed by atoms with E-state index in [2.05, 4.69) is 27.8 Å². The molecule has 0 unspecified atom stereocenters. The number of carbonyl (C=O) groups excluding carboxylic acids is 1. The Kier molecular flexibility index (Phi) is 7.39. The molecule has 1 aliphatic rings. The van der Waals surface area contributed by atoms with E-state index in [-0.39, 0.29) is 11.7 Å². The predicted octanol–water partition coefficient (Wildman–Crippen LogP) is 5.96. The summed E-state index contributed by atoms with van der Waals surface area (Å²) in [5.41, 5.74) is 1.59.